The van der Waals surface area contributed by atoms with Gasteiger partial charge < -0.3 is 58.4 Å². The lowest BCUT2D eigenvalue weighted by Crippen LogP contribution is -1.91. The molecule has 14 heteroatoms. The molecule has 18 N–H and O–H groups in total. The van der Waals surface area contributed by atoms with Crippen LogP contribution in [0.5, 0.6) is 0 Å². The molecule has 0 aliphatic heterocycles. The van der Waals surface area contributed by atoms with Crippen molar-refractivity contribution in [3.8, 4) is 0 Å². The minimum absolute atomic E-state index is 0. The Balaban J connectivity index is -0.00000000222. The molecule has 0 aliphatic rings. The van der Waals surface area contributed by atoms with Crippen LogP contribution in [0.3, 0.4) is 0 Å². The van der Waals surface area contributed by atoms with E-state index >= 15 is 0 Å². The van der Waals surface area contributed by atoms with Crippen molar-refractivity contribution in [2.45, 2.75) is 0 Å². The monoisotopic (exact) mass is 258 g/mol. The van der Waals surface area contributed by atoms with Gasteiger partial charge in [0.15, 0.2) is 0 Å². The van der Waals surface area contributed by atoms with Gasteiger partial charge in [0, 0.05) is 10.4 Å². The second-order valence-corrected chi connectivity index (χ2v) is 1.22. The standard InChI is InChI=1S/H2O4S.9H2O/c1-5(2,3)4;;;;;;;;;/h(H2,1,2,3,4);9*1H2/p-2. The van der Waals surface area contributed by atoms with E-state index in [2.05, 4.69) is 0 Å². The first kappa shape index (κ1) is 172. The van der Waals surface area contributed by atoms with Crippen LogP contribution in [0, 0.1) is 0 Å². The van der Waals surface area contributed by atoms with E-state index in [4.69, 9.17) is 17.5 Å². The van der Waals surface area contributed by atoms with E-state index in [1.165, 1.54) is 0 Å². The highest BCUT2D eigenvalue weighted by Crippen LogP contribution is 1.57. The number of hydrogen-bond acceptors (Lipinski definition) is 4. The second kappa shape index (κ2) is 54.6. The van der Waals surface area contributed by atoms with E-state index in [0.717, 1.165) is 0 Å². The molecule has 0 unspecified atom stereocenters. The van der Waals surface area contributed by atoms with Crippen molar-refractivity contribution >= 4 is 10.4 Å². The maximum absolute atomic E-state index is 8.52. The Morgan fingerprint density at radius 3 is 0.500 bits per heavy atom. The lowest BCUT2D eigenvalue weighted by Gasteiger charge is -2.06. The van der Waals surface area contributed by atoms with Gasteiger partial charge in [-0.1, -0.05) is 0 Å². The van der Waals surface area contributed by atoms with Gasteiger partial charge >= 0.3 is 0 Å². The van der Waals surface area contributed by atoms with E-state index in [9.17, 15) is 0 Å². The molecule has 14 heavy (non-hydrogen) atoms. The molecule has 0 aromatic heterocycles. The molecule has 0 rings (SSSR count). The smallest absolute Gasteiger partial charge is 0.0311 e. The molecule has 0 amide bonds. The molecule has 0 aromatic rings. The van der Waals surface area contributed by atoms with Crippen molar-refractivity contribution in [3.05, 3.63) is 0 Å². The second-order valence-electron chi connectivity index (χ2n) is 0.408. The predicted molar refractivity (Wildman–Crippen MR) is 43.0 cm³/mol. The zero-order valence-electron chi connectivity index (χ0n) is 6.54. The number of hydrogen-bond donors (Lipinski definition) is 0. The summed E-state index contributed by atoms with van der Waals surface area (Å²) in [6.07, 6.45) is 0. The van der Waals surface area contributed by atoms with E-state index < -0.39 is 10.4 Å². The fraction of sp³-hybridized carbons (Fsp3) is 0. The van der Waals surface area contributed by atoms with Gasteiger partial charge in [-0.2, -0.15) is 0 Å². The highest BCUT2D eigenvalue weighted by atomic mass is 32.3. The molecular weight excluding hydrogens is 240 g/mol. The van der Waals surface area contributed by atoms with Crippen molar-refractivity contribution in [1.29, 1.82) is 0 Å². The van der Waals surface area contributed by atoms with Gasteiger partial charge in [-0.3, -0.25) is 8.42 Å². The largest absolute Gasteiger partial charge is 0.759 e. The summed E-state index contributed by atoms with van der Waals surface area (Å²) >= 11 is 0. The third-order valence-electron chi connectivity index (χ3n) is 0. The summed E-state index contributed by atoms with van der Waals surface area (Å²) in [7, 11) is -5.17. The Kier molecular flexibility index (Phi) is 669. The molecule has 0 aromatic carbocycles. The van der Waals surface area contributed by atoms with E-state index in [1.54, 1.807) is 0 Å². The van der Waals surface area contributed by atoms with Gasteiger partial charge in [0.2, 0.25) is 0 Å². The highest BCUT2D eigenvalue weighted by Gasteiger charge is 1.49. The molecule has 104 valence electrons. The van der Waals surface area contributed by atoms with Gasteiger partial charge in [-0.25, -0.2) is 0 Å². The molecule has 0 aliphatic carbocycles. The molecule has 0 radical (unpaired) electrons. The quantitative estimate of drug-likeness (QED) is 0.301. The first-order chi connectivity index (χ1) is 2.00. The summed E-state index contributed by atoms with van der Waals surface area (Å²) < 4.78 is 34.1. The van der Waals surface area contributed by atoms with Gasteiger partial charge in [-0.15, -0.1) is 0 Å². The Morgan fingerprint density at radius 2 is 0.500 bits per heavy atom. The lowest BCUT2D eigenvalue weighted by molar-refractivity contribution is 0.352. The maximum Gasteiger partial charge on any atom is 0.0311 e. The summed E-state index contributed by atoms with van der Waals surface area (Å²) in [4.78, 5) is 0. The van der Waals surface area contributed by atoms with E-state index in [1.807, 2.05) is 0 Å². The first-order valence-electron chi connectivity index (χ1n) is 0.667. The van der Waals surface area contributed by atoms with Crippen molar-refractivity contribution < 1.29 is 66.8 Å². The van der Waals surface area contributed by atoms with Gasteiger partial charge in [0.25, 0.3) is 0 Å². The molecule has 0 spiro atoms. The zero-order chi connectivity index (χ0) is 4.50. The van der Waals surface area contributed by atoms with Crippen molar-refractivity contribution in [1.82, 2.24) is 0 Å². The summed E-state index contributed by atoms with van der Waals surface area (Å²) in [5.74, 6) is 0. The van der Waals surface area contributed by atoms with Gasteiger partial charge in [0.05, 0.1) is 0 Å². The van der Waals surface area contributed by atoms with Crippen molar-refractivity contribution in [3.63, 3.8) is 0 Å². The minimum Gasteiger partial charge on any atom is -0.759 e. The Morgan fingerprint density at radius 1 is 0.500 bits per heavy atom. The average molecular weight is 258 g/mol. The summed E-state index contributed by atoms with van der Waals surface area (Å²) in [6, 6.07) is 0. The molecular formula is H18O13S-2. The van der Waals surface area contributed by atoms with Crippen LogP contribution in [0.1, 0.15) is 0 Å². The van der Waals surface area contributed by atoms with E-state index in [-0.39, 0.29) is 49.3 Å². The van der Waals surface area contributed by atoms with Crippen LogP contribution in [0.4, 0.5) is 0 Å². The van der Waals surface area contributed by atoms with Gasteiger partial charge in [-0.05, 0) is 0 Å². The first-order valence-corrected chi connectivity index (χ1v) is 2.00. The summed E-state index contributed by atoms with van der Waals surface area (Å²) in [5, 5.41) is 0. The van der Waals surface area contributed by atoms with Crippen molar-refractivity contribution in [2.24, 2.45) is 0 Å². The predicted octanol–water partition coefficient (Wildman–Crippen LogP) is -8.76. The number of rotatable bonds is 0. The average Bonchev–Trinajstić information content (AvgIpc) is 0.722. The summed E-state index contributed by atoms with van der Waals surface area (Å²) in [6.45, 7) is 0. The SMILES string of the molecule is O.O.O.O.O.O.O.O.O.O=S(=O)([O-])[O-]. The van der Waals surface area contributed by atoms with Crippen LogP contribution in [-0.2, 0) is 10.4 Å². The summed E-state index contributed by atoms with van der Waals surface area (Å²) in [5.41, 5.74) is 0. The zero-order valence-corrected chi connectivity index (χ0v) is 7.36. The Hall–Kier alpha value is -0.490. The third-order valence-corrected chi connectivity index (χ3v) is 0. The molecule has 0 bridgehead atoms. The van der Waals surface area contributed by atoms with Crippen LogP contribution in [0.2, 0.25) is 0 Å². The Bertz CT molecular complexity index is 88.4. The topological polar surface area (TPSA) is 364 Å². The normalized spacial score (nSPS) is 4.14. The fourth-order valence-corrected chi connectivity index (χ4v) is 0. The van der Waals surface area contributed by atoms with Crippen LogP contribution in [0.25, 0.3) is 0 Å². The van der Waals surface area contributed by atoms with Crippen LogP contribution in [0.15, 0.2) is 0 Å². The van der Waals surface area contributed by atoms with Crippen LogP contribution < -0.4 is 0 Å². The molecule has 0 heterocycles. The Labute approximate surface area is 78.3 Å². The van der Waals surface area contributed by atoms with Crippen LogP contribution in [-0.4, -0.2) is 66.8 Å². The van der Waals surface area contributed by atoms with Crippen LogP contribution >= 0.6 is 0 Å². The minimum atomic E-state index is -5.17. The molecule has 0 saturated carbocycles. The molecule has 0 fully saturated rings. The lowest BCUT2D eigenvalue weighted by atomic mass is 15.8. The van der Waals surface area contributed by atoms with Crippen molar-refractivity contribution in [2.75, 3.05) is 0 Å². The molecule has 13 nitrogen and oxygen atoms in total. The molecule has 0 atom stereocenters. The molecule has 0 saturated heterocycles. The third kappa shape index (κ3) is 5300. The van der Waals surface area contributed by atoms with Gasteiger partial charge in [0.1, 0.15) is 0 Å². The van der Waals surface area contributed by atoms with E-state index in [0.29, 0.717) is 0 Å². The fourth-order valence-electron chi connectivity index (χ4n) is 0. The highest BCUT2D eigenvalue weighted by molar-refractivity contribution is 7.79. The maximum atomic E-state index is 8.52.